The van der Waals surface area contributed by atoms with E-state index in [-0.39, 0.29) is 6.10 Å². The SMILES string of the molecule is Cc1ccc(/C=N/n2c(C(C)Oc3ccccc3)n[nH]c2=S)cc1. The summed E-state index contributed by atoms with van der Waals surface area (Å²) in [7, 11) is 0. The molecule has 0 fully saturated rings. The second-order valence-corrected chi connectivity index (χ2v) is 5.81. The summed E-state index contributed by atoms with van der Waals surface area (Å²) in [6, 6.07) is 17.7. The number of hydrogen-bond acceptors (Lipinski definition) is 4. The molecule has 24 heavy (non-hydrogen) atoms. The van der Waals surface area contributed by atoms with Crippen LogP contribution in [0.1, 0.15) is 30.0 Å². The average Bonchev–Trinajstić information content (AvgIpc) is 2.96. The molecule has 0 radical (unpaired) electrons. The molecule has 5 nitrogen and oxygen atoms in total. The quantitative estimate of drug-likeness (QED) is 0.558. The third-order valence-electron chi connectivity index (χ3n) is 3.49. The monoisotopic (exact) mass is 338 g/mol. The Bertz CT molecular complexity index is 881. The van der Waals surface area contributed by atoms with E-state index in [1.54, 1.807) is 10.9 Å². The van der Waals surface area contributed by atoms with Gasteiger partial charge in [0.1, 0.15) is 5.75 Å². The number of rotatable bonds is 5. The van der Waals surface area contributed by atoms with E-state index in [1.807, 2.05) is 68.4 Å². The first kappa shape index (κ1) is 16.1. The minimum atomic E-state index is -0.296. The van der Waals surface area contributed by atoms with Crippen LogP contribution in [0.15, 0.2) is 59.7 Å². The van der Waals surface area contributed by atoms with Crippen LogP contribution in [-0.4, -0.2) is 21.1 Å². The zero-order chi connectivity index (χ0) is 16.9. The molecule has 3 rings (SSSR count). The Kier molecular flexibility index (Phi) is 4.86. The molecule has 0 bridgehead atoms. The van der Waals surface area contributed by atoms with E-state index in [9.17, 15) is 0 Å². The van der Waals surface area contributed by atoms with Crippen molar-refractivity contribution >= 4 is 18.4 Å². The molecule has 1 atom stereocenters. The smallest absolute Gasteiger partial charge is 0.216 e. The van der Waals surface area contributed by atoms with Crippen LogP contribution in [0.2, 0.25) is 0 Å². The maximum Gasteiger partial charge on any atom is 0.216 e. The molecule has 3 aromatic rings. The highest BCUT2D eigenvalue weighted by Gasteiger charge is 2.15. The van der Waals surface area contributed by atoms with Gasteiger partial charge in [-0.3, -0.25) is 0 Å². The van der Waals surface area contributed by atoms with Crippen LogP contribution >= 0.6 is 12.2 Å². The number of benzene rings is 2. The van der Waals surface area contributed by atoms with Crippen molar-refractivity contribution in [2.75, 3.05) is 0 Å². The lowest BCUT2D eigenvalue weighted by atomic mass is 10.2. The van der Waals surface area contributed by atoms with E-state index in [0.29, 0.717) is 10.6 Å². The summed E-state index contributed by atoms with van der Waals surface area (Å²) in [5, 5.41) is 11.5. The molecular formula is C18H18N4OS. The Morgan fingerprint density at radius 1 is 1.17 bits per heavy atom. The maximum absolute atomic E-state index is 5.90. The average molecular weight is 338 g/mol. The van der Waals surface area contributed by atoms with Crippen LogP contribution in [0.5, 0.6) is 5.75 Å². The van der Waals surface area contributed by atoms with E-state index < -0.39 is 0 Å². The molecule has 0 aliphatic carbocycles. The lowest BCUT2D eigenvalue weighted by Gasteiger charge is -2.13. The van der Waals surface area contributed by atoms with E-state index in [4.69, 9.17) is 17.0 Å². The van der Waals surface area contributed by atoms with Gasteiger partial charge in [0.05, 0.1) is 6.21 Å². The Hall–Kier alpha value is -2.73. The van der Waals surface area contributed by atoms with Crippen LogP contribution in [0.3, 0.4) is 0 Å². The molecule has 1 unspecified atom stereocenters. The number of H-pyrrole nitrogens is 1. The molecule has 0 saturated heterocycles. The van der Waals surface area contributed by atoms with Crippen molar-refractivity contribution < 1.29 is 4.74 Å². The van der Waals surface area contributed by atoms with Gasteiger partial charge in [0, 0.05) is 0 Å². The number of nitrogens with one attached hydrogen (secondary N) is 1. The fourth-order valence-corrected chi connectivity index (χ4v) is 2.40. The van der Waals surface area contributed by atoms with Crippen molar-refractivity contribution in [3.8, 4) is 5.75 Å². The van der Waals surface area contributed by atoms with Crippen molar-refractivity contribution in [3.05, 3.63) is 76.3 Å². The van der Waals surface area contributed by atoms with Crippen molar-refractivity contribution in [1.82, 2.24) is 14.9 Å². The Balaban J connectivity index is 1.83. The summed E-state index contributed by atoms with van der Waals surface area (Å²) >= 11 is 5.27. The Morgan fingerprint density at radius 3 is 2.58 bits per heavy atom. The Morgan fingerprint density at radius 2 is 1.88 bits per heavy atom. The largest absolute Gasteiger partial charge is 0.483 e. The fraction of sp³-hybridized carbons (Fsp3) is 0.167. The van der Waals surface area contributed by atoms with E-state index in [2.05, 4.69) is 15.3 Å². The van der Waals surface area contributed by atoms with Gasteiger partial charge >= 0.3 is 0 Å². The first-order valence-electron chi connectivity index (χ1n) is 7.63. The molecule has 0 aliphatic rings. The highest BCUT2D eigenvalue weighted by molar-refractivity contribution is 7.71. The van der Waals surface area contributed by atoms with E-state index in [0.717, 1.165) is 11.3 Å². The lowest BCUT2D eigenvalue weighted by Crippen LogP contribution is -2.09. The predicted octanol–water partition coefficient (Wildman–Crippen LogP) is 4.27. The number of nitrogens with zero attached hydrogens (tertiary/aromatic N) is 3. The van der Waals surface area contributed by atoms with Crippen LogP contribution in [-0.2, 0) is 0 Å². The topological polar surface area (TPSA) is 55.2 Å². The summed E-state index contributed by atoms with van der Waals surface area (Å²) in [6.07, 6.45) is 1.46. The summed E-state index contributed by atoms with van der Waals surface area (Å²) in [5.41, 5.74) is 2.20. The zero-order valence-corrected chi connectivity index (χ0v) is 14.3. The first-order valence-corrected chi connectivity index (χ1v) is 8.04. The van der Waals surface area contributed by atoms with Crippen molar-refractivity contribution in [1.29, 1.82) is 0 Å². The van der Waals surface area contributed by atoms with Crippen LogP contribution in [0.25, 0.3) is 0 Å². The van der Waals surface area contributed by atoms with Gasteiger partial charge in [-0.1, -0.05) is 48.0 Å². The maximum atomic E-state index is 5.90. The van der Waals surface area contributed by atoms with Gasteiger partial charge in [0.2, 0.25) is 4.77 Å². The highest BCUT2D eigenvalue weighted by Crippen LogP contribution is 2.20. The van der Waals surface area contributed by atoms with Gasteiger partial charge in [-0.2, -0.15) is 14.9 Å². The molecular weight excluding hydrogens is 320 g/mol. The minimum absolute atomic E-state index is 0.296. The molecule has 1 aromatic heterocycles. The molecule has 6 heteroatoms. The number of ether oxygens (including phenoxy) is 1. The molecule has 0 amide bonds. The molecule has 0 saturated carbocycles. The second-order valence-electron chi connectivity index (χ2n) is 5.43. The summed E-state index contributed by atoms with van der Waals surface area (Å²) in [5.74, 6) is 1.39. The summed E-state index contributed by atoms with van der Waals surface area (Å²) in [6.45, 7) is 3.96. The van der Waals surface area contributed by atoms with Crippen molar-refractivity contribution in [3.63, 3.8) is 0 Å². The van der Waals surface area contributed by atoms with E-state index in [1.165, 1.54) is 5.56 Å². The molecule has 1 N–H and O–H groups in total. The normalized spacial score (nSPS) is 12.4. The second kappa shape index (κ2) is 7.23. The number of hydrogen-bond donors (Lipinski definition) is 1. The van der Waals surface area contributed by atoms with E-state index >= 15 is 0 Å². The highest BCUT2D eigenvalue weighted by atomic mass is 32.1. The molecule has 1 heterocycles. The van der Waals surface area contributed by atoms with Gasteiger partial charge in [0.25, 0.3) is 0 Å². The first-order chi connectivity index (χ1) is 11.6. The lowest BCUT2D eigenvalue weighted by molar-refractivity contribution is 0.212. The van der Waals surface area contributed by atoms with Crippen molar-refractivity contribution in [2.45, 2.75) is 20.0 Å². The standard InChI is InChI=1S/C18H18N4OS/c1-13-8-10-15(11-9-13)12-19-22-17(20-21-18(22)24)14(2)23-16-6-4-3-5-7-16/h3-12,14H,1-2H3,(H,21,24)/b19-12+. The Labute approximate surface area is 145 Å². The van der Waals surface area contributed by atoms with Crippen LogP contribution in [0.4, 0.5) is 0 Å². The van der Waals surface area contributed by atoms with Gasteiger partial charge in [-0.15, -0.1) is 0 Å². The summed E-state index contributed by atoms with van der Waals surface area (Å²) in [4.78, 5) is 0. The van der Waals surface area contributed by atoms with Crippen LogP contribution in [0, 0.1) is 11.7 Å². The number of aromatic amines is 1. The summed E-state index contributed by atoms with van der Waals surface area (Å²) < 4.78 is 7.91. The third kappa shape index (κ3) is 3.78. The molecule has 0 aliphatic heterocycles. The molecule has 122 valence electrons. The number of para-hydroxylation sites is 1. The zero-order valence-electron chi connectivity index (χ0n) is 13.5. The van der Waals surface area contributed by atoms with Gasteiger partial charge < -0.3 is 4.74 Å². The minimum Gasteiger partial charge on any atom is -0.483 e. The van der Waals surface area contributed by atoms with Crippen molar-refractivity contribution in [2.24, 2.45) is 5.10 Å². The predicted molar refractivity (Wildman–Crippen MR) is 97.1 cm³/mol. The fourth-order valence-electron chi connectivity index (χ4n) is 2.21. The number of aryl methyl sites for hydroxylation is 1. The van der Waals surface area contributed by atoms with Gasteiger partial charge in [-0.05, 0) is 43.8 Å². The third-order valence-corrected chi connectivity index (χ3v) is 3.76. The number of aromatic nitrogens is 3. The molecule has 2 aromatic carbocycles. The van der Waals surface area contributed by atoms with Gasteiger partial charge in [-0.25, -0.2) is 5.10 Å². The van der Waals surface area contributed by atoms with Crippen LogP contribution < -0.4 is 4.74 Å². The molecule has 0 spiro atoms. The van der Waals surface area contributed by atoms with Gasteiger partial charge in [0.15, 0.2) is 11.9 Å².